The Bertz CT molecular complexity index is 639. The molecule has 2 aromatic carbocycles. The topological polar surface area (TPSA) is 24.1 Å². The van der Waals surface area contributed by atoms with E-state index < -0.39 is 0 Å². The van der Waals surface area contributed by atoms with E-state index in [1.54, 1.807) is 0 Å². The molecular formula is C19H23ClN2. The normalized spacial score (nSPS) is 15.0. The molecule has 2 aromatic rings. The quantitative estimate of drug-likeness (QED) is 0.853. The van der Waals surface area contributed by atoms with Crippen LogP contribution in [0.4, 0.5) is 5.69 Å². The molecule has 0 saturated heterocycles. The minimum Gasteiger partial charge on any atom is -0.385 e. The first-order valence-corrected chi connectivity index (χ1v) is 8.42. The molecule has 116 valence electrons. The van der Waals surface area contributed by atoms with Gasteiger partial charge in [0, 0.05) is 29.8 Å². The van der Waals surface area contributed by atoms with Crippen LogP contribution in [0.15, 0.2) is 42.5 Å². The van der Waals surface area contributed by atoms with Crippen LogP contribution in [0.3, 0.4) is 0 Å². The molecule has 1 aliphatic heterocycles. The maximum Gasteiger partial charge on any atom is 0.0450 e. The second-order valence-corrected chi connectivity index (χ2v) is 6.51. The molecular weight excluding hydrogens is 292 g/mol. The van der Waals surface area contributed by atoms with Crippen LogP contribution in [0.2, 0.25) is 5.02 Å². The van der Waals surface area contributed by atoms with E-state index in [2.05, 4.69) is 41.8 Å². The summed E-state index contributed by atoms with van der Waals surface area (Å²) in [5.41, 5.74) is 5.33. The van der Waals surface area contributed by atoms with Crippen LogP contribution in [0, 0.1) is 0 Å². The van der Waals surface area contributed by atoms with E-state index in [-0.39, 0.29) is 0 Å². The standard InChI is InChI=1S/C19H23ClN2/c1-14(22-13-17-5-2-3-7-18(17)20)11-15-8-9-19-16(12-15)6-4-10-21-19/h2-3,5,7-9,12,14,21-22H,4,6,10-11,13H2,1H3. The second kappa shape index (κ2) is 7.17. The van der Waals surface area contributed by atoms with Gasteiger partial charge in [0.1, 0.15) is 0 Å². The Hall–Kier alpha value is -1.51. The Morgan fingerprint density at radius 2 is 2.09 bits per heavy atom. The van der Waals surface area contributed by atoms with Crippen molar-refractivity contribution in [3.8, 4) is 0 Å². The Labute approximate surface area is 137 Å². The molecule has 0 aromatic heterocycles. The predicted molar refractivity (Wildman–Crippen MR) is 94.7 cm³/mol. The Morgan fingerprint density at radius 3 is 2.95 bits per heavy atom. The maximum atomic E-state index is 6.20. The maximum absolute atomic E-state index is 6.20. The first-order chi connectivity index (χ1) is 10.7. The zero-order chi connectivity index (χ0) is 15.4. The number of aryl methyl sites for hydroxylation is 1. The lowest BCUT2D eigenvalue weighted by atomic mass is 9.98. The Balaban J connectivity index is 1.57. The summed E-state index contributed by atoms with van der Waals surface area (Å²) in [6.07, 6.45) is 3.46. The van der Waals surface area contributed by atoms with Gasteiger partial charge in [-0.15, -0.1) is 0 Å². The number of nitrogens with one attached hydrogen (secondary N) is 2. The van der Waals surface area contributed by atoms with Gasteiger partial charge in [-0.25, -0.2) is 0 Å². The van der Waals surface area contributed by atoms with Crippen LogP contribution in [-0.4, -0.2) is 12.6 Å². The van der Waals surface area contributed by atoms with E-state index in [4.69, 9.17) is 11.6 Å². The molecule has 1 atom stereocenters. The van der Waals surface area contributed by atoms with Crippen molar-refractivity contribution < 1.29 is 0 Å². The van der Waals surface area contributed by atoms with Crippen molar-refractivity contribution in [3.63, 3.8) is 0 Å². The van der Waals surface area contributed by atoms with E-state index in [1.807, 2.05) is 18.2 Å². The average molecular weight is 315 g/mol. The van der Waals surface area contributed by atoms with E-state index >= 15 is 0 Å². The third-order valence-corrected chi connectivity index (χ3v) is 4.62. The summed E-state index contributed by atoms with van der Waals surface area (Å²) >= 11 is 6.20. The van der Waals surface area contributed by atoms with Crippen molar-refractivity contribution in [1.82, 2.24) is 5.32 Å². The van der Waals surface area contributed by atoms with Gasteiger partial charge in [-0.1, -0.05) is 41.9 Å². The number of anilines is 1. The summed E-state index contributed by atoms with van der Waals surface area (Å²) in [5, 5.41) is 7.87. The molecule has 0 fully saturated rings. The highest BCUT2D eigenvalue weighted by Crippen LogP contribution is 2.23. The Kier molecular flexibility index (Phi) is 5.01. The Morgan fingerprint density at radius 1 is 1.23 bits per heavy atom. The lowest BCUT2D eigenvalue weighted by Crippen LogP contribution is -2.27. The van der Waals surface area contributed by atoms with Crippen LogP contribution in [0.1, 0.15) is 30.0 Å². The average Bonchev–Trinajstić information content (AvgIpc) is 2.54. The molecule has 22 heavy (non-hydrogen) atoms. The van der Waals surface area contributed by atoms with Crippen LogP contribution in [0.5, 0.6) is 0 Å². The third-order valence-electron chi connectivity index (χ3n) is 4.25. The molecule has 3 heteroatoms. The smallest absolute Gasteiger partial charge is 0.0450 e. The summed E-state index contributed by atoms with van der Waals surface area (Å²) in [6.45, 7) is 4.14. The number of benzene rings is 2. The van der Waals surface area contributed by atoms with Gasteiger partial charge in [0.25, 0.3) is 0 Å². The molecule has 1 aliphatic rings. The first-order valence-electron chi connectivity index (χ1n) is 8.05. The van der Waals surface area contributed by atoms with Crippen molar-refractivity contribution >= 4 is 17.3 Å². The molecule has 3 rings (SSSR count). The van der Waals surface area contributed by atoms with Crippen LogP contribution < -0.4 is 10.6 Å². The van der Waals surface area contributed by atoms with Gasteiger partial charge in [-0.05, 0) is 55.0 Å². The van der Waals surface area contributed by atoms with Crippen LogP contribution in [0.25, 0.3) is 0 Å². The van der Waals surface area contributed by atoms with Crippen molar-refractivity contribution in [2.24, 2.45) is 0 Å². The van der Waals surface area contributed by atoms with Crippen molar-refractivity contribution in [2.45, 2.75) is 38.8 Å². The summed E-state index contributed by atoms with van der Waals surface area (Å²) < 4.78 is 0. The van der Waals surface area contributed by atoms with Crippen LogP contribution >= 0.6 is 11.6 Å². The highest BCUT2D eigenvalue weighted by molar-refractivity contribution is 6.31. The second-order valence-electron chi connectivity index (χ2n) is 6.10. The summed E-state index contributed by atoms with van der Waals surface area (Å²) in [5.74, 6) is 0. The summed E-state index contributed by atoms with van der Waals surface area (Å²) in [6, 6.07) is 15.3. The van der Waals surface area contributed by atoms with Crippen molar-refractivity contribution in [1.29, 1.82) is 0 Å². The van der Waals surface area contributed by atoms with Crippen molar-refractivity contribution in [3.05, 3.63) is 64.2 Å². The van der Waals surface area contributed by atoms with Gasteiger partial charge in [0.15, 0.2) is 0 Å². The number of halogens is 1. The number of hydrogen-bond acceptors (Lipinski definition) is 2. The summed E-state index contributed by atoms with van der Waals surface area (Å²) in [4.78, 5) is 0. The largest absolute Gasteiger partial charge is 0.385 e. The van der Waals surface area contributed by atoms with Gasteiger partial charge < -0.3 is 10.6 Å². The van der Waals surface area contributed by atoms with E-state index in [0.29, 0.717) is 6.04 Å². The van der Waals surface area contributed by atoms with E-state index in [9.17, 15) is 0 Å². The molecule has 0 spiro atoms. The van der Waals surface area contributed by atoms with Gasteiger partial charge in [0.05, 0.1) is 0 Å². The third kappa shape index (κ3) is 3.82. The molecule has 0 bridgehead atoms. The molecule has 0 aliphatic carbocycles. The SMILES string of the molecule is CC(Cc1ccc2c(c1)CCCN2)NCc1ccccc1Cl. The van der Waals surface area contributed by atoms with Crippen LogP contribution in [-0.2, 0) is 19.4 Å². The molecule has 1 unspecified atom stereocenters. The van der Waals surface area contributed by atoms with Gasteiger partial charge in [0.2, 0.25) is 0 Å². The molecule has 0 saturated carbocycles. The number of rotatable bonds is 5. The zero-order valence-corrected chi connectivity index (χ0v) is 13.8. The minimum absolute atomic E-state index is 0.422. The molecule has 0 radical (unpaired) electrons. The summed E-state index contributed by atoms with van der Waals surface area (Å²) in [7, 11) is 0. The highest BCUT2D eigenvalue weighted by Gasteiger charge is 2.10. The van der Waals surface area contributed by atoms with Gasteiger partial charge >= 0.3 is 0 Å². The number of hydrogen-bond donors (Lipinski definition) is 2. The van der Waals surface area contributed by atoms with Gasteiger partial charge in [-0.2, -0.15) is 0 Å². The fraction of sp³-hybridized carbons (Fsp3) is 0.368. The molecule has 2 nitrogen and oxygen atoms in total. The fourth-order valence-electron chi connectivity index (χ4n) is 3.01. The lowest BCUT2D eigenvalue weighted by Gasteiger charge is -2.20. The van der Waals surface area contributed by atoms with Gasteiger partial charge in [-0.3, -0.25) is 0 Å². The van der Waals surface area contributed by atoms with E-state index in [0.717, 1.165) is 30.1 Å². The van der Waals surface area contributed by atoms with E-state index in [1.165, 1.54) is 29.7 Å². The minimum atomic E-state index is 0.422. The zero-order valence-electron chi connectivity index (χ0n) is 13.0. The molecule has 1 heterocycles. The lowest BCUT2D eigenvalue weighted by molar-refractivity contribution is 0.545. The number of fused-ring (bicyclic) bond motifs is 1. The predicted octanol–water partition coefficient (Wildman–Crippen LogP) is 4.42. The first kappa shape index (κ1) is 15.4. The fourth-order valence-corrected chi connectivity index (χ4v) is 3.21. The molecule has 2 N–H and O–H groups in total. The monoisotopic (exact) mass is 314 g/mol. The highest BCUT2D eigenvalue weighted by atomic mass is 35.5. The van der Waals surface area contributed by atoms with Crippen molar-refractivity contribution in [2.75, 3.05) is 11.9 Å². The molecule has 0 amide bonds.